The van der Waals surface area contributed by atoms with Crippen molar-refractivity contribution < 1.29 is 4.79 Å². The molecule has 0 unspecified atom stereocenters. The number of hydrogen-bond acceptors (Lipinski definition) is 3. The normalized spacial score (nSPS) is 12.1. The molecule has 0 aliphatic rings. The Morgan fingerprint density at radius 3 is 2.50 bits per heavy atom. The molecule has 0 saturated heterocycles. The highest BCUT2D eigenvalue weighted by atomic mass is 35.5. The van der Waals surface area contributed by atoms with Gasteiger partial charge in [0.2, 0.25) is 5.91 Å². The number of carbonyl (C=O) groups is 1. The summed E-state index contributed by atoms with van der Waals surface area (Å²) >= 11 is 5.80. The van der Waals surface area contributed by atoms with Crippen molar-refractivity contribution >= 4 is 34.1 Å². The number of nitrogens with zero attached hydrogens (tertiary/aromatic N) is 1. The predicted octanol–water partition coefficient (Wildman–Crippen LogP) is 2.54. The molecule has 0 saturated carbocycles. The minimum Gasteiger partial charge on any atom is -0.324 e. The van der Waals surface area contributed by atoms with Crippen molar-refractivity contribution in [2.45, 2.75) is 13.0 Å². The average molecular weight is 344 g/mol. The Balaban J connectivity index is 1.97. The highest BCUT2D eigenvalue weighted by Crippen LogP contribution is 2.15. The summed E-state index contributed by atoms with van der Waals surface area (Å²) in [5.74, 6) is -0.472. The fourth-order valence-electron chi connectivity index (χ4n) is 2.42. The van der Waals surface area contributed by atoms with E-state index < -0.39 is 23.2 Å². The lowest BCUT2D eigenvalue weighted by atomic mass is 10.2. The second-order valence-electron chi connectivity index (χ2n) is 5.32. The zero-order valence-corrected chi connectivity index (χ0v) is 13.5. The molecule has 1 heterocycles. The Labute approximate surface area is 141 Å². The quantitative estimate of drug-likeness (QED) is 0.766. The summed E-state index contributed by atoms with van der Waals surface area (Å²) in [5.41, 5.74) is -0.166. The molecule has 0 spiro atoms. The summed E-state index contributed by atoms with van der Waals surface area (Å²) < 4.78 is 0.910. The van der Waals surface area contributed by atoms with Crippen LogP contribution in [0.2, 0.25) is 5.02 Å². The number of fused-ring (bicyclic) bond motifs is 1. The fourth-order valence-corrected chi connectivity index (χ4v) is 2.55. The molecule has 7 heteroatoms. The minimum absolute atomic E-state index is 0.350. The minimum atomic E-state index is -0.971. The first-order chi connectivity index (χ1) is 11.5. The average Bonchev–Trinajstić information content (AvgIpc) is 2.56. The van der Waals surface area contributed by atoms with Gasteiger partial charge in [-0.3, -0.25) is 9.59 Å². The molecule has 0 aliphatic heterocycles. The molecule has 6 nitrogen and oxygen atoms in total. The number of anilines is 1. The number of rotatable bonds is 3. The summed E-state index contributed by atoms with van der Waals surface area (Å²) in [6.45, 7) is 1.50. The van der Waals surface area contributed by atoms with Crippen LogP contribution < -0.4 is 16.6 Å². The van der Waals surface area contributed by atoms with Crippen molar-refractivity contribution in [3.05, 3.63) is 74.4 Å². The zero-order chi connectivity index (χ0) is 17.3. The van der Waals surface area contributed by atoms with Gasteiger partial charge in [0.15, 0.2) is 0 Å². The van der Waals surface area contributed by atoms with E-state index in [9.17, 15) is 14.4 Å². The number of amides is 1. The molecule has 3 aromatic rings. The number of aromatic nitrogens is 2. The summed E-state index contributed by atoms with van der Waals surface area (Å²) in [7, 11) is 0. The third-order valence-electron chi connectivity index (χ3n) is 3.72. The topological polar surface area (TPSA) is 84.0 Å². The maximum absolute atomic E-state index is 12.5. The van der Waals surface area contributed by atoms with Gasteiger partial charge in [0.1, 0.15) is 6.04 Å². The first kappa shape index (κ1) is 16.0. The molecule has 0 aliphatic carbocycles. The van der Waals surface area contributed by atoms with Crippen LogP contribution in [0.25, 0.3) is 10.9 Å². The summed E-state index contributed by atoms with van der Waals surface area (Å²) in [6, 6.07) is 12.2. The van der Waals surface area contributed by atoms with Crippen LogP contribution in [0.1, 0.15) is 13.0 Å². The van der Waals surface area contributed by atoms with E-state index in [0.717, 1.165) is 4.57 Å². The molecule has 2 aromatic carbocycles. The molecule has 0 radical (unpaired) electrons. The van der Waals surface area contributed by atoms with Gasteiger partial charge in [-0.2, -0.15) is 0 Å². The van der Waals surface area contributed by atoms with E-state index in [-0.39, 0.29) is 0 Å². The van der Waals surface area contributed by atoms with Crippen molar-refractivity contribution in [2.24, 2.45) is 0 Å². The molecule has 0 bridgehead atoms. The summed E-state index contributed by atoms with van der Waals surface area (Å²) in [4.78, 5) is 39.7. The van der Waals surface area contributed by atoms with Gasteiger partial charge in [-0.25, -0.2) is 9.36 Å². The van der Waals surface area contributed by atoms with E-state index in [1.807, 2.05) is 0 Å². The Kier molecular flexibility index (Phi) is 4.22. The van der Waals surface area contributed by atoms with Crippen LogP contribution in [0.5, 0.6) is 0 Å². The molecular formula is C17H14ClN3O3. The van der Waals surface area contributed by atoms with Gasteiger partial charge in [0, 0.05) is 10.7 Å². The van der Waals surface area contributed by atoms with Crippen LogP contribution >= 0.6 is 11.6 Å². The second kappa shape index (κ2) is 6.33. The number of benzene rings is 2. The summed E-state index contributed by atoms with van der Waals surface area (Å²) in [6.07, 6.45) is 0. The lowest BCUT2D eigenvalue weighted by Gasteiger charge is -2.15. The number of H-pyrrole nitrogens is 1. The van der Waals surface area contributed by atoms with Crippen LogP contribution in [0.4, 0.5) is 5.69 Å². The highest BCUT2D eigenvalue weighted by molar-refractivity contribution is 6.30. The number of hydrogen-bond donors (Lipinski definition) is 2. The first-order valence-corrected chi connectivity index (χ1v) is 7.65. The smallest absolute Gasteiger partial charge is 0.324 e. The fraction of sp³-hybridized carbons (Fsp3) is 0.118. The number of halogens is 1. The third kappa shape index (κ3) is 2.96. The molecule has 2 N–H and O–H groups in total. The van der Waals surface area contributed by atoms with Crippen LogP contribution in [-0.2, 0) is 4.79 Å². The molecular weight excluding hydrogens is 330 g/mol. The maximum Gasteiger partial charge on any atom is 0.329 e. The molecule has 1 atom stereocenters. The monoisotopic (exact) mass is 343 g/mol. The van der Waals surface area contributed by atoms with Crippen molar-refractivity contribution in [1.29, 1.82) is 0 Å². The summed E-state index contributed by atoms with van der Waals surface area (Å²) in [5, 5.41) is 3.55. The Bertz CT molecular complexity index is 1020. The molecule has 3 rings (SSSR count). The molecule has 1 amide bonds. The molecule has 1 aromatic heterocycles. The van der Waals surface area contributed by atoms with E-state index in [1.54, 1.807) is 48.5 Å². The van der Waals surface area contributed by atoms with Gasteiger partial charge in [-0.1, -0.05) is 23.7 Å². The third-order valence-corrected chi connectivity index (χ3v) is 3.97. The van der Waals surface area contributed by atoms with E-state index in [2.05, 4.69) is 10.3 Å². The zero-order valence-electron chi connectivity index (χ0n) is 12.7. The van der Waals surface area contributed by atoms with Gasteiger partial charge >= 0.3 is 5.69 Å². The molecule has 0 fully saturated rings. The van der Waals surface area contributed by atoms with Crippen LogP contribution in [0, 0.1) is 0 Å². The van der Waals surface area contributed by atoms with Crippen molar-refractivity contribution in [1.82, 2.24) is 9.55 Å². The van der Waals surface area contributed by atoms with E-state index in [1.165, 1.54) is 6.92 Å². The SMILES string of the molecule is C[C@H](C(=O)Nc1ccc(Cl)cc1)n1c(=O)[nH]c2ccccc2c1=O. The largest absolute Gasteiger partial charge is 0.329 e. The standard InChI is InChI=1S/C17H14ClN3O3/c1-10(15(22)19-12-8-6-11(18)7-9-12)21-16(23)13-4-2-3-5-14(13)20-17(21)24/h2-10H,1H3,(H,19,22)(H,20,24)/t10-/m1/s1. The van der Waals surface area contributed by atoms with Crippen molar-refractivity contribution in [2.75, 3.05) is 5.32 Å². The van der Waals surface area contributed by atoms with Gasteiger partial charge < -0.3 is 10.3 Å². The van der Waals surface area contributed by atoms with Gasteiger partial charge in [-0.15, -0.1) is 0 Å². The van der Waals surface area contributed by atoms with E-state index in [0.29, 0.717) is 21.6 Å². The van der Waals surface area contributed by atoms with E-state index >= 15 is 0 Å². The van der Waals surface area contributed by atoms with Gasteiger partial charge in [-0.05, 0) is 43.3 Å². The number of para-hydroxylation sites is 1. The van der Waals surface area contributed by atoms with E-state index in [4.69, 9.17) is 11.6 Å². The first-order valence-electron chi connectivity index (χ1n) is 7.27. The van der Waals surface area contributed by atoms with Crippen LogP contribution in [-0.4, -0.2) is 15.5 Å². The molecule has 122 valence electrons. The van der Waals surface area contributed by atoms with Gasteiger partial charge in [0.05, 0.1) is 10.9 Å². The lowest BCUT2D eigenvalue weighted by Crippen LogP contribution is -2.41. The predicted molar refractivity (Wildman–Crippen MR) is 93.6 cm³/mol. The highest BCUT2D eigenvalue weighted by Gasteiger charge is 2.20. The van der Waals surface area contributed by atoms with Crippen LogP contribution in [0.15, 0.2) is 58.1 Å². The Hall–Kier alpha value is -2.86. The number of aromatic amines is 1. The van der Waals surface area contributed by atoms with Crippen molar-refractivity contribution in [3.63, 3.8) is 0 Å². The Morgan fingerprint density at radius 1 is 1.12 bits per heavy atom. The molecule has 24 heavy (non-hydrogen) atoms. The van der Waals surface area contributed by atoms with Gasteiger partial charge in [0.25, 0.3) is 5.56 Å². The lowest BCUT2D eigenvalue weighted by molar-refractivity contribution is -0.119. The second-order valence-corrected chi connectivity index (χ2v) is 5.76. The van der Waals surface area contributed by atoms with Crippen molar-refractivity contribution in [3.8, 4) is 0 Å². The number of nitrogens with one attached hydrogen (secondary N) is 2. The maximum atomic E-state index is 12.5. The Morgan fingerprint density at radius 2 is 1.79 bits per heavy atom. The number of carbonyl (C=O) groups excluding carboxylic acids is 1. The van der Waals surface area contributed by atoms with Crippen LogP contribution in [0.3, 0.4) is 0 Å².